The Balaban J connectivity index is 3.62. The number of nitrogens with two attached hydrogens (primary N) is 1. The molecule has 8 heavy (non-hydrogen) atoms. The van der Waals surface area contributed by atoms with Gasteiger partial charge in [0.25, 0.3) is 0 Å². The molecule has 0 rings (SSSR count). The van der Waals surface area contributed by atoms with Crippen LogP contribution in [0.15, 0.2) is 0 Å². The van der Waals surface area contributed by atoms with Crippen LogP contribution in [0.3, 0.4) is 0 Å². The molecule has 0 saturated carbocycles. The molecule has 0 saturated heterocycles. The van der Waals surface area contributed by atoms with Crippen LogP contribution < -0.4 is 5.73 Å². The van der Waals surface area contributed by atoms with Gasteiger partial charge in [-0.05, 0) is 17.9 Å². The van der Waals surface area contributed by atoms with Gasteiger partial charge in [0, 0.05) is 0 Å². The first-order valence-corrected chi connectivity index (χ1v) is 3.18. The lowest BCUT2D eigenvalue weighted by Gasteiger charge is -2.25. The van der Waals surface area contributed by atoms with E-state index in [1.807, 2.05) is 0 Å². The summed E-state index contributed by atoms with van der Waals surface area (Å²) in [7, 11) is 0. The number of hydrogen-bond donors (Lipinski definition) is 1. The second-order valence-electron chi connectivity index (χ2n) is 3.50. The molecule has 0 spiro atoms. The average molecular weight is 115 g/mol. The summed E-state index contributed by atoms with van der Waals surface area (Å²) >= 11 is 0. The van der Waals surface area contributed by atoms with Gasteiger partial charge < -0.3 is 5.73 Å². The fourth-order valence-electron chi connectivity index (χ4n) is 0.354. The molecule has 0 aliphatic heterocycles. The molecule has 0 radical (unpaired) electrons. The van der Waals surface area contributed by atoms with E-state index in [1.165, 1.54) is 0 Å². The first-order chi connectivity index (χ1) is 3.48. The van der Waals surface area contributed by atoms with Gasteiger partial charge in [-0.2, -0.15) is 0 Å². The van der Waals surface area contributed by atoms with Crippen LogP contribution in [0.5, 0.6) is 0 Å². The molecule has 0 aliphatic rings. The van der Waals surface area contributed by atoms with E-state index in [0.29, 0.717) is 11.3 Å². The SMILES string of the molecule is C[C@@H](CN)C(C)(C)C. The van der Waals surface area contributed by atoms with Gasteiger partial charge in [0.2, 0.25) is 0 Å². The molecule has 0 fully saturated rings. The molecule has 0 aromatic rings. The van der Waals surface area contributed by atoms with E-state index >= 15 is 0 Å². The van der Waals surface area contributed by atoms with E-state index in [2.05, 4.69) is 27.7 Å². The zero-order valence-electron chi connectivity index (χ0n) is 6.36. The fraction of sp³-hybridized carbons (Fsp3) is 1.00. The lowest BCUT2D eigenvalue weighted by Crippen LogP contribution is -2.24. The molecular formula is C7H17N. The van der Waals surface area contributed by atoms with Gasteiger partial charge >= 0.3 is 0 Å². The van der Waals surface area contributed by atoms with Crippen molar-refractivity contribution in [2.24, 2.45) is 17.1 Å². The molecule has 1 atom stereocenters. The highest BCUT2D eigenvalue weighted by Gasteiger charge is 2.17. The zero-order valence-corrected chi connectivity index (χ0v) is 6.36. The summed E-state index contributed by atoms with van der Waals surface area (Å²) in [5, 5.41) is 0. The van der Waals surface area contributed by atoms with Crippen LogP contribution >= 0.6 is 0 Å². The van der Waals surface area contributed by atoms with Crippen molar-refractivity contribution in [3.63, 3.8) is 0 Å². The third kappa shape index (κ3) is 2.31. The summed E-state index contributed by atoms with van der Waals surface area (Å²) in [4.78, 5) is 0. The van der Waals surface area contributed by atoms with Gasteiger partial charge in [0.15, 0.2) is 0 Å². The third-order valence-electron chi connectivity index (χ3n) is 1.83. The molecule has 0 aliphatic carbocycles. The first-order valence-electron chi connectivity index (χ1n) is 3.18. The minimum atomic E-state index is 0.384. The Bertz CT molecular complexity index is 61.3. The lowest BCUT2D eigenvalue weighted by atomic mass is 9.82. The van der Waals surface area contributed by atoms with Crippen LogP contribution in [0.25, 0.3) is 0 Å². The van der Waals surface area contributed by atoms with Crippen molar-refractivity contribution >= 4 is 0 Å². The molecule has 2 N–H and O–H groups in total. The zero-order chi connectivity index (χ0) is 6.78. The van der Waals surface area contributed by atoms with Crippen molar-refractivity contribution in [1.29, 1.82) is 0 Å². The standard InChI is InChI=1S/C7H17N/c1-6(5-8)7(2,3)4/h6H,5,8H2,1-4H3/t6-/m0/s1. The third-order valence-corrected chi connectivity index (χ3v) is 1.83. The molecule has 0 bridgehead atoms. The highest BCUT2D eigenvalue weighted by atomic mass is 14.6. The molecule has 0 aromatic carbocycles. The highest BCUT2D eigenvalue weighted by Crippen LogP contribution is 2.23. The van der Waals surface area contributed by atoms with Crippen molar-refractivity contribution in [2.75, 3.05) is 6.54 Å². The van der Waals surface area contributed by atoms with Gasteiger partial charge in [-0.3, -0.25) is 0 Å². The Labute approximate surface area is 52.3 Å². The predicted octanol–water partition coefficient (Wildman–Crippen LogP) is 1.63. The molecule has 0 unspecified atom stereocenters. The van der Waals surface area contributed by atoms with Crippen LogP contribution in [0.1, 0.15) is 27.7 Å². The molecule has 1 heteroatoms. The van der Waals surface area contributed by atoms with E-state index in [9.17, 15) is 0 Å². The van der Waals surface area contributed by atoms with Crippen LogP contribution in [0.2, 0.25) is 0 Å². The van der Waals surface area contributed by atoms with E-state index in [-0.39, 0.29) is 0 Å². The van der Waals surface area contributed by atoms with Gasteiger partial charge in [-0.15, -0.1) is 0 Å². The summed E-state index contributed by atoms with van der Waals surface area (Å²) in [5.41, 5.74) is 5.84. The molecular weight excluding hydrogens is 98.1 g/mol. The number of rotatable bonds is 1. The normalized spacial score (nSPS) is 16.1. The fourth-order valence-corrected chi connectivity index (χ4v) is 0.354. The maximum Gasteiger partial charge on any atom is -0.00465 e. The van der Waals surface area contributed by atoms with E-state index in [0.717, 1.165) is 6.54 Å². The maximum atomic E-state index is 5.46. The maximum absolute atomic E-state index is 5.46. The average Bonchev–Trinajstić information content (AvgIpc) is 1.62. The molecule has 50 valence electrons. The Morgan fingerprint density at radius 2 is 1.75 bits per heavy atom. The second-order valence-corrected chi connectivity index (χ2v) is 3.50. The monoisotopic (exact) mass is 115 g/mol. The summed E-state index contributed by atoms with van der Waals surface area (Å²) in [6, 6.07) is 0. The first kappa shape index (κ1) is 7.96. The van der Waals surface area contributed by atoms with Crippen molar-refractivity contribution in [3.8, 4) is 0 Å². The topological polar surface area (TPSA) is 26.0 Å². The van der Waals surface area contributed by atoms with E-state index in [1.54, 1.807) is 0 Å². The molecule has 0 heterocycles. The molecule has 0 amide bonds. The molecule has 0 aromatic heterocycles. The Morgan fingerprint density at radius 1 is 1.38 bits per heavy atom. The van der Waals surface area contributed by atoms with Gasteiger partial charge in [-0.1, -0.05) is 27.7 Å². The Hall–Kier alpha value is -0.0400. The summed E-state index contributed by atoms with van der Waals surface area (Å²) in [6.07, 6.45) is 0. The van der Waals surface area contributed by atoms with E-state index < -0.39 is 0 Å². The van der Waals surface area contributed by atoms with Crippen LogP contribution in [0, 0.1) is 11.3 Å². The van der Waals surface area contributed by atoms with Crippen LogP contribution in [0.4, 0.5) is 0 Å². The van der Waals surface area contributed by atoms with Gasteiger partial charge in [0.05, 0.1) is 0 Å². The minimum Gasteiger partial charge on any atom is -0.330 e. The van der Waals surface area contributed by atoms with Gasteiger partial charge in [-0.25, -0.2) is 0 Å². The number of hydrogen-bond acceptors (Lipinski definition) is 1. The Kier molecular flexibility index (Phi) is 2.48. The summed E-state index contributed by atoms with van der Waals surface area (Å²) in [5.74, 6) is 0.627. The quantitative estimate of drug-likeness (QED) is 0.552. The summed E-state index contributed by atoms with van der Waals surface area (Å²) in [6.45, 7) is 9.61. The predicted molar refractivity (Wildman–Crippen MR) is 37.7 cm³/mol. The van der Waals surface area contributed by atoms with Crippen molar-refractivity contribution in [2.45, 2.75) is 27.7 Å². The smallest absolute Gasteiger partial charge is 0.00465 e. The second kappa shape index (κ2) is 2.49. The largest absolute Gasteiger partial charge is 0.330 e. The Morgan fingerprint density at radius 3 is 1.75 bits per heavy atom. The van der Waals surface area contributed by atoms with E-state index in [4.69, 9.17) is 5.73 Å². The minimum absolute atomic E-state index is 0.384. The lowest BCUT2D eigenvalue weighted by molar-refractivity contribution is 0.269. The summed E-state index contributed by atoms with van der Waals surface area (Å²) < 4.78 is 0. The van der Waals surface area contributed by atoms with Crippen molar-refractivity contribution in [1.82, 2.24) is 0 Å². The van der Waals surface area contributed by atoms with Crippen LogP contribution in [-0.4, -0.2) is 6.54 Å². The van der Waals surface area contributed by atoms with Gasteiger partial charge in [0.1, 0.15) is 0 Å². The van der Waals surface area contributed by atoms with Crippen LogP contribution in [-0.2, 0) is 0 Å². The molecule has 1 nitrogen and oxygen atoms in total. The van der Waals surface area contributed by atoms with Crippen molar-refractivity contribution in [3.05, 3.63) is 0 Å². The highest BCUT2D eigenvalue weighted by molar-refractivity contribution is 4.69. The van der Waals surface area contributed by atoms with Crippen molar-refractivity contribution < 1.29 is 0 Å².